The highest BCUT2D eigenvalue weighted by Gasteiger charge is 2.13. The number of nitrogens with zero attached hydrogens (tertiary/aromatic N) is 3. The lowest BCUT2D eigenvalue weighted by Crippen LogP contribution is -2.23. The Hall–Kier alpha value is -2.84. The summed E-state index contributed by atoms with van der Waals surface area (Å²) in [4.78, 5) is 35.8. The average molecular weight is 439 g/mol. The first-order valence-corrected chi connectivity index (χ1v) is 11.5. The van der Waals surface area contributed by atoms with Crippen LogP contribution in [0.4, 0.5) is 5.13 Å². The molecule has 0 unspecified atom stereocenters. The SMILES string of the molecule is CCc1ccc(-c2csc(NC(=O)CCn3cnc4sc(C)c(C)c4c3=O)n2)cc1. The number of amides is 1. The second-order valence-corrected chi connectivity index (χ2v) is 9.15. The Morgan fingerprint density at radius 2 is 1.97 bits per heavy atom. The Morgan fingerprint density at radius 3 is 2.70 bits per heavy atom. The number of rotatable bonds is 6. The van der Waals surface area contributed by atoms with Gasteiger partial charge in [-0.1, -0.05) is 31.2 Å². The van der Waals surface area contributed by atoms with Crippen molar-refractivity contribution < 1.29 is 4.79 Å². The quantitative estimate of drug-likeness (QED) is 0.470. The Kier molecular flexibility index (Phi) is 5.78. The molecule has 0 bridgehead atoms. The number of thiazole rings is 1. The molecule has 0 fully saturated rings. The van der Waals surface area contributed by atoms with Crippen LogP contribution >= 0.6 is 22.7 Å². The zero-order valence-corrected chi connectivity index (χ0v) is 18.7. The maximum absolute atomic E-state index is 12.7. The van der Waals surface area contributed by atoms with Crippen LogP contribution in [-0.2, 0) is 17.8 Å². The third-order valence-corrected chi connectivity index (χ3v) is 7.02. The maximum atomic E-state index is 12.7. The van der Waals surface area contributed by atoms with Gasteiger partial charge in [-0.15, -0.1) is 22.7 Å². The van der Waals surface area contributed by atoms with Crippen LogP contribution in [0.3, 0.4) is 0 Å². The summed E-state index contributed by atoms with van der Waals surface area (Å²) in [5, 5.41) is 5.97. The van der Waals surface area contributed by atoms with Crippen molar-refractivity contribution >= 4 is 43.9 Å². The lowest BCUT2D eigenvalue weighted by molar-refractivity contribution is -0.116. The number of aryl methyl sites for hydroxylation is 4. The molecule has 0 saturated heterocycles. The summed E-state index contributed by atoms with van der Waals surface area (Å²) in [6, 6.07) is 8.27. The Balaban J connectivity index is 1.41. The zero-order valence-electron chi connectivity index (χ0n) is 17.1. The predicted molar refractivity (Wildman–Crippen MR) is 124 cm³/mol. The second kappa shape index (κ2) is 8.49. The highest BCUT2D eigenvalue weighted by atomic mass is 32.1. The van der Waals surface area contributed by atoms with Crippen LogP contribution in [-0.4, -0.2) is 20.4 Å². The topological polar surface area (TPSA) is 76.9 Å². The van der Waals surface area contributed by atoms with Gasteiger partial charge < -0.3 is 5.32 Å². The molecule has 0 spiro atoms. The van der Waals surface area contributed by atoms with E-state index in [1.54, 1.807) is 0 Å². The minimum Gasteiger partial charge on any atom is -0.302 e. The van der Waals surface area contributed by atoms with Gasteiger partial charge in [0.2, 0.25) is 5.91 Å². The molecule has 154 valence electrons. The summed E-state index contributed by atoms with van der Waals surface area (Å²) in [6.45, 7) is 6.32. The largest absolute Gasteiger partial charge is 0.302 e. The van der Waals surface area contributed by atoms with E-state index in [9.17, 15) is 9.59 Å². The molecule has 1 amide bonds. The summed E-state index contributed by atoms with van der Waals surface area (Å²) in [5.74, 6) is -0.178. The number of fused-ring (bicyclic) bond motifs is 1. The predicted octanol–water partition coefficient (Wildman–Crippen LogP) is 4.79. The van der Waals surface area contributed by atoms with Crippen molar-refractivity contribution in [1.82, 2.24) is 14.5 Å². The number of nitrogens with one attached hydrogen (secondary N) is 1. The molecular weight excluding hydrogens is 416 g/mol. The first kappa shape index (κ1) is 20.4. The first-order chi connectivity index (χ1) is 14.5. The van der Waals surface area contributed by atoms with Gasteiger partial charge in [0, 0.05) is 28.8 Å². The molecule has 6 nitrogen and oxygen atoms in total. The molecule has 4 aromatic rings. The molecule has 3 heterocycles. The van der Waals surface area contributed by atoms with Gasteiger partial charge in [-0.25, -0.2) is 9.97 Å². The van der Waals surface area contributed by atoms with Crippen LogP contribution in [0.5, 0.6) is 0 Å². The first-order valence-electron chi connectivity index (χ1n) is 9.76. The van der Waals surface area contributed by atoms with Crippen LogP contribution in [0.15, 0.2) is 40.8 Å². The third kappa shape index (κ3) is 4.06. The fourth-order valence-electron chi connectivity index (χ4n) is 3.21. The fraction of sp³-hybridized carbons (Fsp3) is 0.273. The van der Waals surface area contributed by atoms with Crippen molar-refractivity contribution in [1.29, 1.82) is 0 Å². The number of anilines is 1. The van der Waals surface area contributed by atoms with E-state index in [1.807, 2.05) is 31.4 Å². The Labute approximate surface area is 182 Å². The van der Waals surface area contributed by atoms with Crippen molar-refractivity contribution in [2.75, 3.05) is 5.32 Å². The van der Waals surface area contributed by atoms with E-state index in [0.29, 0.717) is 10.5 Å². The van der Waals surface area contributed by atoms with Crippen LogP contribution in [0, 0.1) is 13.8 Å². The molecule has 30 heavy (non-hydrogen) atoms. The summed E-state index contributed by atoms with van der Waals surface area (Å²) in [7, 11) is 0. The molecule has 1 N–H and O–H groups in total. The number of benzene rings is 1. The van der Waals surface area contributed by atoms with Crippen LogP contribution in [0.2, 0.25) is 0 Å². The van der Waals surface area contributed by atoms with Crippen molar-refractivity contribution in [2.45, 2.75) is 40.2 Å². The number of thiophene rings is 1. The summed E-state index contributed by atoms with van der Waals surface area (Å²) < 4.78 is 1.50. The minimum atomic E-state index is -0.178. The van der Waals surface area contributed by atoms with Crippen LogP contribution < -0.4 is 10.9 Å². The number of hydrogen-bond donors (Lipinski definition) is 1. The molecule has 3 aromatic heterocycles. The lowest BCUT2D eigenvalue weighted by Gasteiger charge is -2.05. The maximum Gasteiger partial charge on any atom is 0.262 e. The lowest BCUT2D eigenvalue weighted by atomic mass is 10.1. The van der Waals surface area contributed by atoms with Gasteiger partial charge in [0.05, 0.1) is 17.4 Å². The van der Waals surface area contributed by atoms with E-state index in [2.05, 4.69) is 34.3 Å². The van der Waals surface area contributed by atoms with Gasteiger partial charge in [0.25, 0.3) is 5.56 Å². The van der Waals surface area contributed by atoms with Crippen molar-refractivity contribution in [3.05, 3.63) is 62.3 Å². The average Bonchev–Trinajstić information content (AvgIpc) is 3.32. The van der Waals surface area contributed by atoms with E-state index in [0.717, 1.165) is 32.9 Å². The molecule has 0 atom stereocenters. The van der Waals surface area contributed by atoms with Crippen molar-refractivity contribution in [3.8, 4) is 11.3 Å². The van der Waals surface area contributed by atoms with Crippen LogP contribution in [0.1, 0.15) is 29.3 Å². The molecular formula is C22H22N4O2S2. The number of carbonyl (C=O) groups is 1. The van der Waals surface area contributed by atoms with Gasteiger partial charge in [-0.2, -0.15) is 0 Å². The van der Waals surface area contributed by atoms with Gasteiger partial charge in [-0.3, -0.25) is 14.2 Å². The van der Waals surface area contributed by atoms with E-state index in [1.165, 1.54) is 39.1 Å². The van der Waals surface area contributed by atoms with Crippen molar-refractivity contribution in [2.24, 2.45) is 0 Å². The number of carbonyl (C=O) groups excluding carboxylic acids is 1. The highest BCUT2D eigenvalue weighted by Crippen LogP contribution is 2.26. The van der Waals surface area contributed by atoms with Gasteiger partial charge in [0.15, 0.2) is 5.13 Å². The highest BCUT2D eigenvalue weighted by molar-refractivity contribution is 7.18. The zero-order chi connectivity index (χ0) is 21.3. The molecule has 0 aliphatic rings. The van der Waals surface area contributed by atoms with E-state index >= 15 is 0 Å². The van der Waals surface area contributed by atoms with E-state index < -0.39 is 0 Å². The van der Waals surface area contributed by atoms with E-state index in [4.69, 9.17) is 0 Å². The Bertz CT molecular complexity index is 1270. The standard InChI is InChI=1S/C22H22N4O2S2/c1-4-15-5-7-16(8-6-15)17-11-29-22(24-17)25-18(27)9-10-26-12-23-20-19(21(26)28)13(2)14(3)30-20/h5-8,11-12H,4,9-10H2,1-3H3,(H,24,25,27). The van der Waals surface area contributed by atoms with Crippen molar-refractivity contribution in [3.63, 3.8) is 0 Å². The molecule has 0 radical (unpaired) electrons. The monoisotopic (exact) mass is 438 g/mol. The molecule has 0 aliphatic carbocycles. The molecule has 4 rings (SSSR count). The molecule has 0 aliphatic heterocycles. The molecule has 1 aromatic carbocycles. The second-order valence-electron chi connectivity index (χ2n) is 7.09. The fourth-order valence-corrected chi connectivity index (χ4v) is 4.93. The molecule has 0 saturated carbocycles. The summed E-state index contributed by atoms with van der Waals surface area (Å²) in [5.41, 5.74) is 4.01. The van der Waals surface area contributed by atoms with Gasteiger partial charge >= 0.3 is 0 Å². The summed E-state index contributed by atoms with van der Waals surface area (Å²) in [6.07, 6.45) is 2.69. The Morgan fingerprint density at radius 1 is 1.20 bits per heavy atom. The number of aromatic nitrogens is 3. The number of hydrogen-bond acceptors (Lipinski definition) is 6. The molecule has 8 heteroatoms. The van der Waals surface area contributed by atoms with E-state index in [-0.39, 0.29) is 24.4 Å². The third-order valence-electron chi connectivity index (χ3n) is 5.14. The van der Waals surface area contributed by atoms with Gasteiger partial charge in [0.1, 0.15) is 4.83 Å². The van der Waals surface area contributed by atoms with Gasteiger partial charge in [-0.05, 0) is 31.4 Å². The van der Waals surface area contributed by atoms with Crippen LogP contribution in [0.25, 0.3) is 21.5 Å². The normalized spacial score (nSPS) is 11.2. The summed E-state index contributed by atoms with van der Waals surface area (Å²) >= 11 is 2.91. The minimum absolute atomic E-state index is 0.0956. The smallest absolute Gasteiger partial charge is 0.262 e.